The van der Waals surface area contributed by atoms with E-state index in [0.29, 0.717) is 12.2 Å². The van der Waals surface area contributed by atoms with Crippen LogP contribution in [0.5, 0.6) is 0 Å². The molecule has 3 aliphatic rings. The van der Waals surface area contributed by atoms with Gasteiger partial charge in [-0.2, -0.15) is 0 Å². The van der Waals surface area contributed by atoms with Gasteiger partial charge in [-0.3, -0.25) is 4.79 Å². The number of allylic oxidation sites excluding steroid dienone is 2. The molecule has 4 nitrogen and oxygen atoms in total. The third-order valence-electron chi connectivity index (χ3n) is 7.02. The van der Waals surface area contributed by atoms with Gasteiger partial charge in [-0.25, -0.2) is 0 Å². The number of benzene rings is 1. The maximum atomic E-state index is 11.9. The van der Waals surface area contributed by atoms with Gasteiger partial charge in [-0.15, -0.1) is 0 Å². The first-order valence-corrected chi connectivity index (χ1v) is 11.5. The smallest absolute Gasteiger partial charge is 0.214 e. The molecule has 1 amide bonds. The molecule has 2 heterocycles. The minimum Gasteiger partial charge on any atom is -0.387 e. The summed E-state index contributed by atoms with van der Waals surface area (Å²) in [6.45, 7) is 1.92. The highest BCUT2D eigenvalue weighted by Gasteiger charge is 2.29. The SMILES string of the molecule is BCC(=O)N1CCC(C2CC/C=C(/C3=NOC(c4ccccc4)C3)CCC2)CC1. The molecule has 2 atom stereocenters. The molecule has 1 aliphatic carbocycles. The van der Waals surface area contributed by atoms with E-state index in [0.717, 1.165) is 49.9 Å². The Hall–Kier alpha value is -2.04. The second kappa shape index (κ2) is 9.64. The van der Waals surface area contributed by atoms with Crippen LogP contribution in [-0.2, 0) is 9.63 Å². The molecule has 0 spiro atoms. The molecular formula is C24H33BN2O2. The van der Waals surface area contributed by atoms with Crippen molar-refractivity contribution in [2.24, 2.45) is 17.0 Å². The first-order chi connectivity index (χ1) is 14.2. The highest BCUT2D eigenvalue weighted by Crippen LogP contribution is 2.36. The number of nitrogens with zero attached hydrogens (tertiary/aromatic N) is 2. The Balaban J connectivity index is 1.29. The van der Waals surface area contributed by atoms with Gasteiger partial charge in [0.15, 0.2) is 6.10 Å². The van der Waals surface area contributed by atoms with Crippen LogP contribution in [0.3, 0.4) is 0 Å². The Kier molecular flexibility index (Phi) is 6.73. The maximum Gasteiger partial charge on any atom is 0.214 e. The predicted molar refractivity (Wildman–Crippen MR) is 120 cm³/mol. The van der Waals surface area contributed by atoms with Crippen LogP contribution in [0.4, 0.5) is 0 Å². The largest absolute Gasteiger partial charge is 0.387 e. The lowest BCUT2D eigenvalue weighted by molar-refractivity contribution is -0.130. The molecule has 0 aromatic heterocycles. The van der Waals surface area contributed by atoms with Gasteiger partial charge >= 0.3 is 0 Å². The fourth-order valence-corrected chi connectivity index (χ4v) is 5.26. The normalized spacial score (nSPS) is 27.9. The summed E-state index contributed by atoms with van der Waals surface area (Å²) in [4.78, 5) is 19.7. The van der Waals surface area contributed by atoms with E-state index in [1.165, 1.54) is 43.2 Å². The number of likely N-dealkylation sites (tertiary alicyclic amines) is 1. The summed E-state index contributed by atoms with van der Waals surface area (Å²) < 4.78 is 0. The van der Waals surface area contributed by atoms with Crippen molar-refractivity contribution in [2.45, 2.75) is 63.8 Å². The number of carbonyl (C=O) groups excluding carboxylic acids is 1. The topological polar surface area (TPSA) is 41.9 Å². The van der Waals surface area contributed by atoms with Crippen molar-refractivity contribution in [3.63, 3.8) is 0 Å². The second-order valence-electron chi connectivity index (χ2n) is 8.78. The number of piperidine rings is 1. The average molecular weight is 392 g/mol. The zero-order chi connectivity index (χ0) is 20.1. The van der Waals surface area contributed by atoms with E-state index in [9.17, 15) is 4.79 Å². The zero-order valence-electron chi connectivity index (χ0n) is 17.7. The zero-order valence-corrected chi connectivity index (χ0v) is 17.7. The van der Waals surface area contributed by atoms with Crippen LogP contribution in [-0.4, -0.2) is 37.5 Å². The molecule has 0 bridgehead atoms. The molecule has 0 N–H and O–H groups in total. The van der Waals surface area contributed by atoms with Gasteiger partial charge in [0, 0.05) is 19.5 Å². The molecule has 1 saturated heterocycles. The fourth-order valence-electron chi connectivity index (χ4n) is 5.26. The summed E-state index contributed by atoms with van der Waals surface area (Å²) in [6.07, 6.45) is 12.5. The Morgan fingerprint density at radius 2 is 1.86 bits per heavy atom. The third-order valence-corrected chi connectivity index (χ3v) is 7.02. The van der Waals surface area contributed by atoms with Crippen molar-refractivity contribution in [3.8, 4) is 0 Å². The van der Waals surface area contributed by atoms with E-state index in [1.54, 1.807) is 0 Å². The average Bonchev–Trinajstić information content (AvgIpc) is 3.24. The van der Waals surface area contributed by atoms with Crippen molar-refractivity contribution >= 4 is 19.5 Å². The van der Waals surface area contributed by atoms with Crippen LogP contribution < -0.4 is 0 Å². The van der Waals surface area contributed by atoms with Gasteiger partial charge in [0.2, 0.25) is 5.91 Å². The van der Waals surface area contributed by atoms with E-state index in [4.69, 9.17) is 4.84 Å². The van der Waals surface area contributed by atoms with Crippen LogP contribution in [0, 0.1) is 11.8 Å². The number of oxime groups is 1. The first kappa shape index (κ1) is 20.2. The highest BCUT2D eigenvalue weighted by atomic mass is 16.6. The minimum atomic E-state index is 0.0707. The number of amides is 1. The molecule has 29 heavy (non-hydrogen) atoms. The summed E-state index contributed by atoms with van der Waals surface area (Å²) in [6, 6.07) is 10.4. The molecule has 154 valence electrons. The molecule has 2 aliphatic heterocycles. The molecular weight excluding hydrogens is 359 g/mol. The lowest BCUT2D eigenvalue weighted by atomic mass is 9.77. The van der Waals surface area contributed by atoms with E-state index >= 15 is 0 Å². The standard InChI is InChI=1S/C24H33BN2O2/c25-17-24(28)27-14-12-19(13-15-27)18-8-4-10-20(11-5-9-18)22-16-23(29-26-22)21-6-2-1-3-7-21/h1-3,6-7,10,18-19,23H,4-5,8-9,11-17,25H2/b20-10+. The van der Waals surface area contributed by atoms with Gasteiger partial charge in [0.25, 0.3) is 0 Å². The van der Waals surface area contributed by atoms with Crippen molar-refractivity contribution in [2.75, 3.05) is 13.1 Å². The summed E-state index contributed by atoms with van der Waals surface area (Å²) >= 11 is 0. The van der Waals surface area contributed by atoms with Gasteiger partial charge in [0.05, 0.1) is 5.71 Å². The van der Waals surface area contributed by atoms with Crippen LogP contribution in [0.25, 0.3) is 0 Å². The summed E-state index contributed by atoms with van der Waals surface area (Å²) in [5.41, 5.74) is 3.78. The molecule has 1 fully saturated rings. The lowest BCUT2D eigenvalue weighted by Crippen LogP contribution is -2.39. The minimum absolute atomic E-state index is 0.0707. The number of rotatable bonds is 4. The van der Waals surface area contributed by atoms with Crippen molar-refractivity contribution in [3.05, 3.63) is 47.5 Å². The lowest BCUT2D eigenvalue weighted by Gasteiger charge is -2.36. The quantitative estimate of drug-likeness (QED) is 0.717. The van der Waals surface area contributed by atoms with Crippen molar-refractivity contribution in [1.29, 1.82) is 0 Å². The predicted octanol–water partition coefficient (Wildman–Crippen LogP) is 4.30. The Labute approximate surface area is 175 Å². The molecule has 2 unspecified atom stereocenters. The van der Waals surface area contributed by atoms with Crippen molar-refractivity contribution in [1.82, 2.24) is 4.90 Å². The van der Waals surface area contributed by atoms with E-state index in [2.05, 4.69) is 40.4 Å². The molecule has 5 heteroatoms. The van der Waals surface area contributed by atoms with Crippen molar-refractivity contribution < 1.29 is 9.63 Å². The van der Waals surface area contributed by atoms with Crippen LogP contribution >= 0.6 is 0 Å². The van der Waals surface area contributed by atoms with E-state index < -0.39 is 0 Å². The number of hydrogen-bond acceptors (Lipinski definition) is 3. The third kappa shape index (κ3) is 4.94. The van der Waals surface area contributed by atoms with Gasteiger partial charge in [-0.05, 0) is 74.2 Å². The van der Waals surface area contributed by atoms with E-state index in [1.807, 2.05) is 13.9 Å². The van der Waals surface area contributed by atoms with Crippen LogP contribution in [0.15, 0.2) is 47.1 Å². The van der Waals surface area contributed by atoms with Crippen LogP contribution in [0.1, 0.15) is 63.0 Å². The molecule has 4 rings (SSSR count). The Morgan fingerprint density at radius 3 is 2.62 bits per heavy atom. The highest BCUT2D eigenvalue weighted by molar-refractivity contribution is 6.19. The fraction of sp³-hybridized carbons (Fsp3) is 0.583. The Bertz CT molecular complexity index is 753. The Morgan fingerprint density at radius 1 is 1.10 bits per heavy atom. The second-order valence-corrected chi connectivity index (χ2v) is 8.78. The first-order valence-electron chi connectivity index (χ1n) is 11.5. The number of carbonyl (C=O) groups is 1. The number of hydrogen-bond donors (Lipinski definition) is 0. The van der Waals surface area contributed by atoms with E-state index in [-0.39, 0.29) is 6.10 Å². The molecule has 1 aromatic carbocycles. The summed E-state index contributed by atoms with van der Waals surface area (Å²) in [5, 5.41) is 4.44. The van der Waals surface area contributed by atoms with Gasteiger partial charge in [-0.1, -0.05) is 41.6 Å². The summed E-state index contributed by atoms with van der Waals surface area (Å²) in [5.74, 6) is 1.92. The summed E-state index contributed by atoms with van der Waals surface area (Å²) in [7, 11) is 1.97. The van der Waals surface area contributed by atoms with Gasteiger partial charge < -0.3 is 9.74 Å². The van der Waals surface area contributed by atoms with Gasteiger partial charge in [0.1, 0.15) is 7.85 Å². The molecule has 1 aromatic rings. The molecule has 0 saturated carbocycles. The molecule has 0 radical (unpaired) electrons. The van der Waals surface area contributed by atoms with Crippen LogP contribution in [0.2, 0.25) is 6.32 Å². The maximum absolute atomic E-state index is 11.9. The monoisotopic (exact) mass is 392 g/mol.